The molecule has 0 heterocycles. The summed E-state index contributed by atoms with van der Waals surface area (Å²) in [6, 6.07) is -0.766. The second-order valence-electron chi connectivity index (χ2n) is 3.18. The molecule has 10 heavy (non-hydrogen) atoms. The minimum Gasteiger partial charge on any atom is -0.480 e. The third-order valence-corrected chi connectivity index (χ3v) is 1.20. The van der Waals surface area contributed by atoms with Gasteiger partial charge in [-0.15, -0.1) is 0 Å². The Hall–Kier alpha value is -0.610. The van der Waals surface area contributed by atoms with E-state index in [-0.39, 0.29) is 11.6 Å². The first-order chi connectivity index (χ1) is 3.85. The summed E-state index contributed by atoms with van der Waals surface area (Å²) in [7, 11) is 0. The second-order valence-corrected chi connectivity index (χ2v) is 3.18. The number of carboxylic acid groups (broad SMARTS) is 1. The fourth-order valence-electron chi connectivity index (χ4n) is 0.370. The van der Waals surface area contributed by atoms with Crippen molar-refractivity contribution < 1.29 is 9.90 Å². The van der Waals surface area contributed by atoms with Crippen LogP contribution >= 0.6 is 0 Å². The number of rotatable bonds is 1. The number of carbonyl (C=O) groups is 1. The fraction of sp³-hybridized carbons (Fsp3) is 0.833. The molecule has 0 aliphatic rings. The Labute approximate surface area is 61.0 Å². The van der Waals surface area contributed by atoms with E-state index in [0.717, 1.165) is 0 Å². The molecule has 0 rings (SSSR count). The minimum absolute atomic E-state index is 0. The lowest BCUT2D eigenvalue weighted by atomic mass is 9.88. The van der Waals surface area contributed by atoms with E-state index in [9.17, 15) is 4.79 Å². The minimum atomic E-state index is -0.942. The Morgan fingerprint density at radius 2 is 1.80 bits per heavy atom. The molecule has 0 fully saturated rings. The van der Waals surface area contributed by atoms with Crippen LogP contribution in [0.3, 0.4) is 0 Å². The molecule has 4 heteroatoms. The lowest BCUT2D eigenvalue weighted by Crippen LogP contribution is -2.41. The summed E-state index contributed by atoms with van der Waals surface area (Å²) in [5.41, 5.74) is 4.95. The van der Waals surface area contributed by atoms with E-state index in [1.54, 1.807) is 20.8 Å². The molecule has 6 N–H and O–H groups in total. The summed E-state index contributed by atoms with van der Waals surface area (Å²) in [5, 5.41) is 8.39. The summed E-state index contributed by atoms with van der Waals surface area (Å²) in [5.74, 6) is -0.942. The van der Waals surface area contributed by atoms with Crippen molar-refractivity contribution in [1.82, 2.24) is 6.15 Å². The highest BCUT2D eigenvalue weighted by Crippen LogP contribution is 2.16. The van der Waals surface area contributed by atoms with Crippen LogP contribution in [0, 0.1) is 5.41 Å². The monoisotopic (exact) mass is 148 g/mol. The number of carboxylic acids is 1. The molecule has 0 amide bonds. The molecule has 0 aliphatic heterocycles. The standard InChI is InChI=1S/C6H13NO2.H3N/c1-6(2,3)4(7)5(8)9;/h4H,7H2,1-3H3,(H,8,9);1H3. The maximum absolute atomic E-state index is 10.2. The van der Waals surface area contributed by atoms with E-state index in [0.29, 0.717) is 0 Å². The van der Waals surface area contributed by atoms with Gasteiger partial charge in [0.05, 0.1) is 0 Å². The molecule has 0 aliphatic carbocycles. The van der Waals surface area contributed by atoms with Gasteiger partial charge in [0.1, 0.15) is 6.04 Å². The maximum Gasteiger partial charge on any atom is 0.321 e. The van der Waals surface area contributed by atoms with Gasteiger partial charge in [-0.25, -0.2) is 0 Å². The first-order valence-electron chi connectivity index (χ1n) is 2.84. The van der Waals surface area contributed by atoms with Crippen LogP contribution in [0.4, 0.5) is 0 Å². The highest BCUT2D eigenvalue weighted by Gasteiger charge is 2.26. The van der Waals surface area contributed by atoms with Crippen molar-refractivity contribution in [2.24, 2.45) is 11.1 Å². The van der Waals surface area contributed by atoms with Crippen LogP contribution in [0.25, 0.3) is 0 Å². The Morgan fingerprint density at radius 3 is 1.80 bits per heavy atom. The van der Waals surface area contributed by atoms with Gasteiger partial charge in [0.2, 0.25) is 0 Å². The van der Waals surface area contributed by atoms with Crippen LogP contribution in [-0.2, 0) is 4.79 Å². The van der Waals surface area contributed by atoms with E-state index in [4.69, 9.17) is 10.8 Å². The van der Waals surface area contributed by atoms with Gasteiger partial charge in [0.15, 0.2) is 0 Å². The number of hydrogen-bond acceptors (Lipinski definition) is 3. The third kappa shape index (κ3) is 3.42. The van der Waals surface area contributed by atoms with Crippen molar-refractivity contribution in [3.05, 3.63) is 0 Å². The van der Waals surface area contributed by atoms with Crippen molar-refractivity contribution in [2.45, 2.75) is 26.8 Å². The van der Waals surface area contributed by atoms with E-state index < -0.39 is 12.0 Å². The molecular weight excluding hydrogens is 132 g/mol. The Bertz CT molecular complexity index is 117. The average molecular weight is 148 g/mol. The Morgan fingerprint density at radius 1 is 1.50 bits per heavy atom. The number of hydrogen-bond donors (Lipinski definition) is 3. The molecule has 4 nitrogen and oxygen atoms in total. The molecule has 0 bridgehead atoms. The van der Waals surface area contributed by atoms with Crippen LogP contribution in [0.2, 0.25) is 0 Å². The van der Waals surface area contributed by atoms with Gasteiger partial charge in [-0.05, 0) is 5.41 Å². The van der Waals surface area contributed by atoms with E-state index >= 15 is 0 Å². The molecule has 1 unspecified atom stereocenters. The zero-order valence-corrected chi connectivity index (χ0v) is 6.72. The topological polar surface area (TPSA) is 98.3 Å². The first kappa shape index (κ1) is 12.1. The van der Waals surface area contributed by atoms with Crippen LogP contribution in [0.15, 0.2) is 0 Å². The third-order valence-electron chi connectivity index (χ3n) is 1.20. The van der Waals surface area contributed by atoms with Gasteiger partial charge in [-0.1, -0.05) is 20.8 Å². The normalized spacial score (nSPS) is 13.6. The van der Waals surface area contributed by atoms with Crippen LogP contribution < -0.4 is 11.9 Å². The fourth-order valence-corrected chi connectivity index (χ4v) is 0.370. The smallest absolute Gasteiger partial charge is 0.321 e. The van der Waals surface area contributed by atoms with Crippen molar-refractivity contribution >= 4 is 5.97 Å². The van der Waals surface area contributed by atoms with Crippen molar-refractivity contribution in [3.8, 4) is 0 Å². The van der Waals surface area contributed by atoms with Gasteiger partial charge >= 0.3 is 5.97 Å². The average Bonchev–Trinajstić information content (AvgIpc) is 1.62. The highest BCUT2D eigenvalue weighted by molar-refractivity contribution is 5.74. The first-order valence-corrected chi connectivity index (χ1v) is 2.84. The zero-order chi connectivity index (χ0) is 7.65. The van der Waals surface area contributed by atoms with E-state index in [2.05, 4.69) is 0 Å². The quantitative estimate of drug-likeness (QED) is 0.507. The molecule has 0 aromatic carbocycles. The molecule has 0 saturated carbocycles. The summed E-state index contributed by atoms with van der Waals surface area (Å²) in [4.78, 5) is 10.2. The largest absolute Gasteiger partial charge is 0.480 e. The predicted molar refractivity (Wildman–Crippen MR) is 40.1 cm³/mol. The summed E-state index contributed by atoms with van der Waals surface area (Å²) in [6.45, 7) is 5.39. The van der Waals surface area contributed by atoms with Crippen LogP contribution in [0.5, 0.6) is 0 Å². The molecule has 0 aromatic rings. The second kappa shape index (κ2) is 3.53. The van der Waals surface area contributed by atoms with Gasteiger partial charge in [0.25, 0.3) is 0 Å². The van der Waals surface area contributed by atoms with Crippen molar-refractivity contribution in [2.75, 3.05) is 0 Å². The SMILES string of the molecule is CC(C)(C)C(N)C(=O)O.N. The van der Waals surface area contributed by atoms with E-state index in [1.165, 1.54) is 0 Å². The van der Waals surface area contributed by atoms with Crippen molar-refractivity contribution in [1.29, 1.82) is 0 Å². The Kier molecular flexibility index (Phi) is 4.27. The molecular formula is C6H16N2O2. The molecule has 0 radical (unpaired) electrons. The Balaban J connectivity index is 0. The lowest BCUT2D eigenvalue weighted by molar-refractivity contribution is -0.141. The predicted octanol–water partition coefficient (Wildman–Crippen LogP) is 0.606. The molecule has 0 spiro atoms. The van der Waals surface area contributed by atoms with Crippen molar-refractivity contribution in [3.63, 3.8) is 0 Å². The van der Waals surface area contributed by atoms with Gasteiger partial charge < -0.3 is 17.0 Å². The lowest BCUT2D eigenvalue weighted by Gasteiger charge is -2.22. The molecule has 1 atom stereocenters. The number of aliphatic carboxylic acids is 1. The summed E-state index contributed by atoms with van der Waals surface area (Å²) >= 11 is 0. The van der Waals surface area contributed by atoms with Gasteiger partial charge in [0, 0.05) is 0 Å². The molecule has 0 aromatic heterocycles. The highest BCUT2D eigenvalue weighted by atomic mass is 16.4. The zero-order valence-electron chi connectivity index (χ0n) is 6.72. The maximum atomic E-state index is 10.2. The summed E-state index contributed by atoms with van der Waals surface area (Å²) < 4.78 is 0. The van der Waals surface area contributed by atoms with Crippen LogP contribution in [-0.4, -0.2) is 17.1 Å². The summed E-state index contributed by atoms with van der Waals surface area (Å²) in [6.07, 6.45) is 0. The molecule has 62 valence electrons. The number of nitrogens with two attached hydrogens (primary N) is 1. The van der Waals surface area contributed by atoms with Gasteiger partial charge in [-0.2, -0.15) is 0 Å². The van der Waals surface area contributed by atoms with E-state index in [1.807, 2.05) is 0 Å². The van der Waals surface area contributed by atoms with Gasteiger partial charge in [-0.3, -0.25) is 4.79 Å². The molecule has 0 saturated heterocycles. The van der Waals surface area contributed by atoms with Crippen LogP contribution in [0.1, 0.15) is 20.8 Å².